The van der Waals surface area contributed by atoms with Crippen molar-refractivity contribution in [2.24, 2.45) is 4.99 Å². The highest BCUT2D eigenvalue weighted by atomic mass is 32.2. The second-order valence-corrected chi connectivity index (χ2v) is 10.4. The number of aliphatic imine (C=N–C) groups is 1. The predicted octanol–water partition coefficient (Wildman–Crippen LogP) is 2.98. The van der Waals surface area contributed by atoms with Gasteiger partial charge in [0, 0.05) is 5.25 Å². The highest BCUT2D eigenvalue weighted by molar-refractivity contribution is 8.16. The number of halogens is 1. The molecule has 0 radical (unpaired) electrons. The molecule has 0 aliphatic carbocycles. The van der Waals surface area contributed by atoms with Crippen LogP contribution in [0.3, 0.4) is 0 Å². The number of thioether (sulfide) groups is 1. The molecule has 2 aromatic carbocycles. The number of benzene rings is 2. The summed E-state index contributed by atoms with van der Waals surface area (Å²) in [6.45, 7) is 1.97. The molecule has 2 fully saturated rings. The molecule has 2 aliphatic heterocycles. The number of aryl methyl sites for hydroxylation is 1. The number of amidine groups is 1. The number of hydrogen-bond donors (Lipinski definition) is 0. The van der Waals surface area contributed by atoms with Gasteiger partial charge in [-0.25, -0.2) is 12.8 Å². The summed E-state index contributed by atoms with van der Waals surface area (Å²) in [5.74, 6) is -0.856. The van der Waals surface area contributed by atoms with Crippen molar-refractivity contribution in [1.29, 1.82) is 0 Å². The second kappa shape index (κ2) is 7.33. The molecule has 2 aliphatic rings. The first-order chi connectivity index (χ1) is 13.3. The van der Waals surface area contributed by atoms with Crippen molar-refractivity contribution >= 4 is 38.4 Å². The number of carbonyl (C=O) groups excluding carboxylic acids is 1. The van der Waals surface area contributed by atoms with E-state index in [0.29, 0.717) is 5.17 Å². The number of fused-ring (bicyclic) bond motifs is 1. The van der Waals surface area contributed by atoms with Crippen molar-refractivity contribution in [2.75, 3.05) is 16.4 Å². The quantitative estimate of drug-likeness (QED) is 0.767. The molecule has 5 nitrogen and oxygen atoms in total. The fourth-order valence-corrected chi connectivity index (χ4v) is 7.44. The van der Waals surface area contributed by atoms with Gasteiger partial charge in [0.2, 0.25) is 0 Å². The van der Waals surface area contributed by atoms with E-state index in [4.69, 9.17) is 0 Å². The maximum Gasteiger partial charge on any atom is 0.252 e. The Morgan fingerprint density at radius 1 is 1.18 bits per heavy atom. The maximum absolute atomic E-state index is 14.4. The van der Waals surface area contributed by atoms with Crippen LogP contribution in [0.4, 0.5) is 10.1 Å². The van der Waals surface area contributed by atoms with E-state index in [-0.39, 0.29) is 34.8 Å². The van der Waals surface area contributed by atoms with E-state index in [1.807, 2.05) is 31.2 Å². The molecule has 146 valence electrons. The summed E-state index contributed by atoms with van der Waals surface area (Å²) >= 11 is 1.25. The molecule has 0 spiro atoms. The first-order valence-corrected chi connectivity index (χ1v) is 11.6. The largest absolute Gasteiger partial charge is 0.313 e. The van der Waals surface area contributed by atoms with Crippen LogP contribution in [0.5, 0.6) is 0 Å². The Morgan fingerprint density at radius 2 is 1.89 bits per heavy atom. The molecule has 0 bridgehead atoms. The van der Waals surface area contributed by atoms with Crippen LogP contribution in [0.1, 0.15) is 11.1 Å². The number of para-hydroxylation sites is 1. The van der Waals surface area contributed by atoms with Gasteiger partial charge in [-0.3, -0.25) is 4.79 Å². The molecule has 0 aromatic heterocycles. The summed E-state index contributed by atoms with van der Waals surface area (Å²) in [5, 5.41) is 0.114. The Morgan fingerprint density at radius 3 is 2.61 bits per heavy atom. The maximum atomic E-state index is 14.4. The standard InChI is InChI=1S/C20H19FN2O3S2/c1-13-6-8-14(9-7-13)10-19(24)22-20-23(16-5-3-2-4-15(16)21)17-11-28(25,26)12-18(17)27-20/h2-9,17-18H,10-12H2,1H3/t17-,18-/m1/s1. The van der Waals surface area contributed by atoms with Crippen molar-refractivity contribution in [2.45, 2.75) is 24.6 Å². The monoisotopic (exact) mass is 418 g/mol. The molecule has 2 atom stereocenters. The van der Waals surface area contributed by atoms with Gasteiger partial charge in [0.15, 0.2) is 15.0 Å². The summed E-state index contributed by atoms with van der Waals surface area (Å²) in [7, 11) is -3.19. The van der Waals surface area contributed by atoms with Crippen LogP contribution in [-0.2, 0) is 21.1 Å². The zero-order valence-electron chi connectivity index (χ0n) is 15.2. The van der Waals surface area contributed by atoms with Crippen molar-refractivity contribution in [3.05, 3.63) is 65.5 Å². The molecule has 0 N–H and O–H groups in total. The van der Waals surface area contributed by atoms with Gasteiger partial charge >= 0.3 is 0 Å². The second-order valence-electron chi connectivity index (χ2n) is 7.07. The zero-order chi connectivity index (χ0) is 19.9. The van der Waals surface area contributed by atoms with Gasteiger partial charge < -0.3 is 4.90 Å². The minimum atomic E-state index is -3.19. The van der Waals surface area contributed by atoms with Gasteiger partial charge in [-0.15, -0.1) is 0 Å². The van der Waals surface area contributed by atoms with E-state index in [2.05, 4.69) is 4.99 Å². The minimum Gasteiger partial charge on any atom is -0.313 e. The Bertz CT molecular complexity index is 1050. The Labute approximate surface area is 167 Å². The van der Waals surface area contributed by atoms with Crippen LogP contribution in [0, 0.1) is 12.7 Å². The summed E-state index contributed by atoms with van der Waals surface area (Å²) < 4.78 is 38.6. The number of anilines is 1. The molecule has 2 aromatic rings. The van der Waals surface area contributed by atoms with Crippen LogP contribution in [0.15, 0.2) is 53.5 Å². The Kier molecular flexibility index (Phi) is 5.01. The third-order valence-corrected chi connectivity index (χ3v) is 8.08. The zero-order valence-corrected chi connectivity index (χ0v) is 16.8. The fourth-order valence-electron chi connectivity index (χ4n) is 3.52. The van der Waals surface area contributed by atoms with Crippen LogP contribution in [0.25, 0.3) is 0 Å². The summed E-state index contributed by atoms with van der Waals surface area (Å²) in [4.78, 5) is 18.3. The molecule has 2 heterocycles. The number of rotatable bonds is 3. The first kappa shape index (κ1) is 19.1. The van der Waals surface area contributed by atoms with Crippen LogP contribution in [0.2, 0.25) is 0 Å². The molecule has 1 amide bonds. The van der Waals surface area contributed by atoms with E-state index in [9.17, 15) is 17.6 Å². The lowest BCUT2D eigenvalue weighted by Gasteiger charge is -2.24. The van der Waals surface area contributed by atoms with Crippen molar-refractivity contribution in [3.63, 3.8) is 0 Å². The first-order valence-electron chi connectivity index (χ1n) is 8.90. The molecular weight excluding hydrogens is 399 g/mol. The van der Waals surface area contributed by atoms with Crippen LogP contribution in [-0.4, -0.2) is 42.3 Å². The molecule has 0 saturated carbocycles. The lowest BCUT2D eigenvalue weighted by molar-refractivity contribution is -0.117. The summed E-state index contributed by atoms with van der Waals surface area (Å²) in [5.41, 5.74) is 2.21. The van der Waals surface area contributed by atoms with Gasteiger partial charge in [0.25, 0.3) is 5.91 Å². The van der Waals surface area contributed by atoms with E-state index in [1.54, 1.807) is 23.1 Å². The van der Waals surface area contributed by atoms with E-state index < -0.39 is 21.7 Å². The van der Waals surface area contributed by atoms with Gasteiger partial charge in [0.1, 0.15) is 5.82 Å². The lowest BCUT2D eigenvalue weighted by atomic mass is 10.1. The third-order valence-electron chi connectivity index (χ3n) is 4.87. The predicted molar refractivity (Wildman–Crippen MR) is 110 cm³/mol. The SMILES string of the molecule is Cc1ccc(CC(=O)N=C2S[C@@H]3CS(=O)(=O)C[C@H]3N2c2ccccc2F)cc1. The topological polar surface area (TPSA) is 66.8 Å². The van der Waals surface area contributed by atoms with Gasteiger partial charge in [0.05, 0.1) is 29.7 Å². The highest BCUT2D eigenvalue weighted by Gasteiger charge is 2.49. The third kappa shape index (κ3) is 3.84. The normalized spacial score (nSPS) is 24.5. The summed E-state index contributed by atoms with van der Waals surface area (Å²) in [6.07, 6.45) is 0.142. The molecule has 8 heteroatoms. The van der Waals surface area contributed by atoms with Crippen LogP contribution >= 0.6 is 11.8 Å². The average Bonchev–Trinajstić information content (AvgIpc) is 3.08. The molecular formula is C20H19FN2O3S2. The molecule has 2 saturated heterocycles. The van der Waals surface area contributed by atoms with E-state index >= 15 is 0 Å². The number of amides is 1. The van der Waals surface area contributed by atoms with Crippen LogP contribution < -0.4 is 4.90 Å². The van der Waals surface area contributed by atoms with Gasteiger partial charge in [-0.05, 0) is 24.6 Å². The van der Waals surface area contributed by atoms with Gasteiger partial charge in [-0.2, -0.15) is 4.99 Å². The highest BCUT2D eigenvalue weighted by Crippen LogP contribution is 2.41. The van der Waals surface area contributed by atoms with Gasteiger partial charge in [-0.1, -0.05) is 53.7 Å². The minimum absolute atomic E-state index is 0.0124. The number of hydrogen-bond acceptors (Lipinski definition) is 4. The molecule has 0 unspecified atom stereocenters. The smallest absolute Gasteiger partial charge is 0.252 e. The van der Waals surface area contributed by atoms with E-state index in [1.165, 1.54) is 17.8 Å². The fraction of sp³-hybridized carbons (Fsp3) is 0.300. The number of nitrogens with zero attached hydrogens (tertiary/aromatic N) is 2. The molecule has 4 rings (SSSR count). The average molecular weight is 419 g/mol. The van der Waals surface area contributed by atoms with Crippen molar-refractivity contribution in [1.82, 2.24) is 0 Å². The van der Waals surface area contributed by atoms with Crippen molar-refractivity contribution < 1.29 is 17.6 Å². The van der Waals surface area contributed by atoms with Crippen molar-refractivity contribution in [3.8, 4) is 0 Å². The molecule has 28 heavy (non-hydrogen) atoms. The lowest BCUT2D eigenvalue weighted by Crippen LogP contribution is -2.38. The number of sulfone groups is 1. The number of carbonyl (C=O) groups is 1. The van der Waals surface area contributed by atoms with E-state index in [0.717, 1.165) is 11.1 Å². The summed E-state index contributed by atoms with van der Waals surface area (Å²) in [6, 6.07) is 13.4. The Hall–Kier alpha value is -2.19. The Balaban J connectivity index is 1.65.